The van der Waals surface area contributed by atoms with Gasteiger partial charge in [-0.15, -0.1) is 11.3 Å². The van der Waals surface area contributed by atoms with E-state index >= 15 is 0 Å². The van der Waals surface area contributed by atoms with E-state index in [1.165, 1.54) is 22.6 Å². The lowest BCUT2D eigenvalue weighted by molar-refractivity contribution is -0.136. The fourth-order valence-electron chi connectivity index (χ4n) is 2.63. The first-order valence-corrected chi connectivity index (χ1v) is 7.53. The third-order valence-corrected chi connectivity index (χ3v) is 4.36. The zero-order valence-corrected chi connectivity index (χ0v) is 12.1. The molecule has 2 aromatic rings. The lowest BCUT2D eigenvalue weighted by atomic mass is 9.94. The van der Waals surface area contributed by atoms with Crippen molar-refractivity contribution in [2.45, 2.75) is 19.8 Å². The number of para-hydroxylation sites is 1. The molecule has 1 N–H and O–H groups in total. The van der Waals surface area contributed by atoms with Crippen molar-refractivity contribution in [3.05, 3.63) is 40.9 Å². The van der Waals surface area contributed by atoms with Crippen molar-refractivity contribution < 1.29 is 9.90 Å². The molecule has 0 fully saturated rings. The normalized spacial score (nSPS) is 17.9. The molecule has 1 aliphatic heterocycles. The van der Waals surface area contributed by atoms with Crippen molar-refractivity contribution in [1.29, 1.82) is 0 Å². The molecule has 1 aromatic carbocycles. The van der Waals surface area contributed by atoms with Crippen LogP contribution >= 0.6 is 11.3 Å². The van der Waals surface area contributed by atoms with Gasteiger partial charge in [-0.25, -0.2) is 4.98 Å². The second-order valence-corrected chi connectivity index (χ2v) is 6.08. The van der Waals surface area contributed by atoms with Crippen molar-refractivity contribution in [3.8, 4) is 0 Å². The van der Waals surface area contributed by atoms with Crippen LogP contribution in [-0.4, -0.2) is 22.6 Å². The summed E-state index contributed by atoms with van der Waals surface area (Å²) in [5.74, 6) is -0.272. The van der Waals surface area contributed by atoms with E-state index in [1.54, 1.807) is 0 Å². The van der Waals surface area contributed by atoms with Crippen LogP contribution in [0.2, 0.25) is 0 Å². The van der Waals surface area contributed by atoms with Gasteiger partial charge < -0.3 is 10.0 Å². The van der Waals surface area contributed by atoms with Crippen LogP contribution in [0.25, 0.3) is 0 Å². The zero-order valence-electron chi connectivity index (χ0n) is 11.2. The summed E-state index contributed by atoms with van der Waals surface area (Å²) in [5.41, 5.74) is 3.16. The number of hydrogen-bond donors (Lipinski definition) is 1. The Morgan fingerprint density at radius 3 is 3.10 bits per heavy atom. The van der Waals surface area contributed by atoms with E-state index in [9.17, 15) is 4.79 Å². The molecule has 1 atom stereocenters. The summed E-state index contributed by atoms with van der Waals surface area (Å²) >= 11 is 1.52. The summed E-state index contributed by atoms with van der Waals surface area (Å²) in [5, 5.41) is 11.6. The highest BCUT2D eigenvalue weighted by Gasteiger charge is 2.24. The van der Waals surface area contributed by atoms with Gasteiger partial charge in [-0.3, -0.25) is 4.79 Å². The second kappa shape index (κ2) is 5.25. The van der Waals surface area contributed by atoms with Crippen LogP contribution in [0.5, 0.6) is 0 Å². The van der Waals surface area contributed by atoms with Gasteiger partial charge >= 0.3 is 5.97 Å². The molecule has 104 valence electrons. The molecule has 2 heterocycles. The van der Waals surface area contributed by atoms with Crippen molar-refractivity contribution in [2.75, 3.05) is 11.4 Å². The fraction of sp³-hybridized carbons (Fsp3) is 0.333. The molecular weight excluding hydrogens is 272 g/mol. The largest absolute Gasteiger partial charge is 0.481 e. The molecule has 0 saturated heterocycles. The first-order valence-electron chi connectivity index (χ1n) is 6.65. The minimum absolute atomic E-state index is 0.0124. The highest BCUT2D eigenvalue weighted by Crippen LogP contribution is 2.36. The lowest BCUT2D eigenvalue weighted by Gasteiger charge is -2.32. The molecule has 0 radical (unpaired) electrons. The quantitative estimate of drug-likeness (QED) is 0.943. The molecule has 1 unspecified atom stereocenters. The number of carbonyl (C=O) groups is 1. The monoisotopic (exact) mass is 288 g/mol. The maximum absolute atomic E-state index is 10.8. The van der Waals surface area contributed by atoms with Crippen LogP contribution in [0.1, 0.15) is 18.2 Å². The average Bonchev–Trinajstić information content (AvgIpc) is 2.85. The third kappa shape index (κ3) is 2.54. The van der Waals surface area contributed by atoms with Gasteiger partial charge in [0.05, 0.1) is 12.1 Å². The Balaban J connectivity index is 1.93. The van der Waals surface area contributed by atoms with Gasteiger partial charge in [0.15, 0.2) is 5.13 Å². The van der Waals surface area contributed by atoms with E-state index in [4.69, 9.17) is 5.11 Å². The van der Waals surface area contributed by atoms with Gasteiger partial charge in [0.25, 0.3) is 0 Å². The van der Waals surface area contributed by atoms with Gasteiger partial charge in [0, 0.05) is 17.6 Å². The molecule has 4 nitrogen and oxygen atoms in total. The van der Waals surface area contributed by atoms with Gasteiger partial charge in [-0.1, -0.05) is 25.1 Å². The zero-order chi connectivity index (χ0) is 14.1. The van der Waals surface area contributed by atoms with Crippen LogP contribution in [0, 0.1) is 5.92 Å². The minimum Gasteiger partial charge on any atom is -0.481 e. The lowest BCUT2D eigenvalue weighted by Crippen LogP contribution is -2.30. The summed E-state index contributed by atoms with van der Waals surface area (Å²) < 4.78 is 0. The number of carboxylic acids is 1. The number of benzene rings is 1. The molecule has 1 aliphatic rings. The van der Waals surface area contributed by atoms with Crippen molar-refractivity contribution in [1.82, 2.24) is 4.98 Å². The van der Waals surface area contributed by atoms with E-state index in [0.717, 1.165) is 18.1 Å². The number of fused-ring (bicyclic) bond motifs is 1. The number of thiazole rings is 1. The Morgan fingerprint density at radius 2 is 2.30 bits per heavy atom. The predicted molar refractivity (Wildman–Crippen MR) is 79.8 cm³/mol. The summed E-state index contributed by atoms with van der Waals surface area (Å²) in [6, 6.07) is 8.36. The molecule has 0 saturated carbocycles. The molecule has 3 rings (SSSR count). The first-order chi connectivity index (χ1) is 9.63. The molecule has 0 spiro atoms. The third-order valence-electron chi connectivity index (χ3n) is 3.45. The predicted octanol–water partition coefficient (Wildman–Crippen LogP) is 3.10. The molecule has 1 aromatic heterocycles. The van der Waals surface area contributed by atoms with Crippen LogP contribution in [-0.2, 0) is 17.6 Å². The van der Waals surface area contributed by atoms with E-state index < -0.39 is 5.97 Å². The van der Waals surface area contributed by atoms with Crippen molar-refractivity contribution >= 4 is 28.1 Å². The number of anilines is 2. The Labute approximate surface area is 121 Å². The average molecular weight is 288 g/mol. The van der Waals surface area contributed by atoms with Crippen LogP contribution < -0.4 is 4.90 Å². The summed E-state index contributed by atoms with van der Waals surface area (Å²) in [7, 11) is 0. The van der Waals surface area contributed by atoms with Crippen LogP contribution in [0.4, 0.5) is 10.8 Å². The minimum atomic E-state index is -0.839. The van der Waals surface area contributed by atoms with Crippen LogP contribution in [0.3, 0.4) is 0 Å². The number of hydrogen-bond acceptors (Lipinski definition) is 4. The number of aromatic nitrogens is 1. The molecule has 0 amide bonds. The second-order valence-electron chi connectivity index (χ2n) is 5.24. The number of aliphatic carboxylic acids is 1. The highest BCUT2D eigenvalue weighted by atomic mass is 32.1. The maximum Gasteiger partial charge on any atom is 0.309 e. The Morgan fingerprint density at radius 1 is 1.50 bits per heavy atom. The number of rotatable bonds is 3. The molecule has 20 heavy (non-hydrogen) atoms. The molecular formula is C15H16N2O2S. The SMILES string of the molecule is CC1Cc2ccccc2N(c2nc(CC(=O)O)cs2)C1. The smallest absolute Gasteiger partial charge is 0.309 e. The summed E-state index contributed by atoms with van der Waals surface area (Å²) in [4.78, 5) is 17.4. The first kappa shape index (κ1) is 13.1. The maximum atomic E-state index is 10.8. The highest BCUT2D eigenvalue weighted by molar-refractivity contribution is 7.13. The van der Waals surface area contributed by atoms with E-state index in [0.29, 0.717) is 11.6 Å². The summed E-state index contributed by atoms with van der Waals surface area (Å²) in [6.07, 6.45) is 1.07. The van der Waals surface area contributed by atoms with E-state index in [-0.39, 0.29) is 6.42 Å². The van der Waals surface area contributed by atoms with Gasteiger partial charge in [0.1, 0.15) is 0 Å². The van der Waals surface area contributed by atoms with Crippen molar-refractivity contribution in [2.24, 2.45) is 5.92 Å². The van der Waals surface area contributed by atoms with Gasteiger partial charge in [-0.05, 0) is 24.0 Å². The Kier molecular flexibility index (Phi) is 3.44. The van der Waals surface area contributed by atoms with E-state index in [1.807, 2.05) is 11.4 Å². The topological polar surface area (TPSA) is 53.4 Å². The number of nitrogens with zero attached hydrogens (tertiary/aromatic N) is 2. The van der Waals surface area contributed by atoms with Crippen LogP contribution in [0.15, 0.2) is 29.6 Å². The molecule has 0 bridgehead atoms. The summed E-state index contributed by atoms with van der Waals surface area (Å²) in [6.45, 7) is 3.16. The Hall–Kier alpha value is -1.88. The standard InChI is InChI=1S/C15H16N2O2S/c1-10-6-11-4-2-3-5-13(11)17(8-10)15-16-12(9-20-15)7-14(18)19/h2-5,9-10H,6-8H2,1H3,(H,18,19). The number of carboxylic acid groups (broad SMARTS) is 1. The fourth-order valence-corrected chi connectivity index (χ4v) is 3.48. The van der Waals surface area contributed by atoms with E-state index in [2.05, 4.69) is 35.0 Å². The Bertz CT molecular complexity index is 638. The van der Waals surface area contributed by atoms with Crippen molar-refractivity contribution in [3.63, 3.8) is 0 Å². The molecule has 0 aliphatic carbocycles. The van der Waals surface area contributed by atoms with Gasteiger partial charge in [-0.2, -0.15) is 0 Å². The van der Waals surface area contributed by atoms with Gasteiger partial charge in [0.2, 0.25) is 0 Å². The molecule has 5 heteroatoms.